The minimum absolute atomic E-state index is 0.160. The average Bonchev–Trinajstić information content (AvgIpc) is 3.20. The number of amides is 1. The van der Waals surface area contributed by atoms with Crippen molar-refractivity contribution in [1.82, 2.24) is 19.7 Å². The second kappa shape index (κ2) is 9.51. The Hall–Kier alpha value is -2.87. The van der Waals surface area contributed by atoms with Crippen LogP contribution in [0.5, 0.6) is 0 Å². The summed E-state index contributed by atoms with van der Waals surface area (Å²) in [6.07, 6.45) is 3.40. The number of nitrogens with zero attached hydrogens (tertiary/aromatic N) is 4. The number of anilines is 1. The summed E-state index contributed by atoms with van der Waals surface area (Å²) in [5, 5.41) is 13.4. The molecule has 0 bridgehead atoms. The predicted octanol–water partition coefficient (Wildman–Crippen LogP) is 5.68. The Kier molecular flexibility index (Phi) is 6.56. The molecule has 0 spiro atoms. The molecular formula is C22H17Cl2N5OS. The molecule has 0 aliphatic carbocycles. The van der Waals surface area contributed by atoms with Crippen LogP contribution in [-0.4, -0.2) is 31.4 Å². The van der Waals surface area contributed by atoms with Gasteiger partial charge in [0.15, 0.2) is 11.0 Å². The van der Waals surface area contributed by atoms with E-state index in [0.29, 0.717) is 26.7 Å². The zero-order valence-corrected chi connectivity index (χ0v) is 18.7. The molecular weight excluding hydrogens is 453 g/mol. The molecule has 2 heterocycles. The van der Waals surface area contributed by atoms with Gasteiger partial charge in [-0.3, -0.25) is 14.3 Å². The largest absolute Gasteiger partial charge is 0.325 e. The maximum Gasteiger partial charge on any atom is 0.234 e. The van der Waals surface area contributed by atoms with Crippen LogP contribution in [0.3, 0.4) is 0 Å². The monoisotopic (exact) mass is 469 g/mol. The van der Waals surface area contributed by atoms with E-state index in [0.717, 1.165) is 16.8 Å². The lowest BCUT2D eigenvalue weighted by atomic mass is 10.2. The molecule has 0 aliphatic heterocycles. The van der Waals surface area contributed by atoms with E-state index in [1.807, 2.05) is 47.9 Å². The number of nitrogens with one attached hydrogen (secondary N) is 1. The van der Waals surface area contributed by atoms with Crippen molar-refractivity contribution < 1.29 is 4.79 Å². The van der Waals surface area contributed by atoms with E-state index in [9.17, 15) is 4.79 Å². The second-order valence-corrected chi connectivity index (χ2v) is 8.44. The maximum atomic E-state index is 12.5. The first-order valence-corrected chi connectivity index (χ1v) is 11.1. The van der Waals surface area contributed by atoms with Crippen molar-refractivity contribution in [3.8, 4) is 17.1 Å². The second-order valence-electron chi connectivity index (χ2n) is 6.65. The highest BCUT2D eigenvalue weighted by Gasteiger charge is 2.17. The van der Waals surface area contributed by atoms with E-state index in [4.69, 9.17) is 23.2 Å². The predicted molar refractivity (Wildman–Crippen MR) is 125 cm³/mol. The Labute approximate surface area is 193 Å². The van der Waals surface area contributed by atoms with E-state index >= 15 is 0 Å². The zero-order chi connectivity index (χ0) is 21.8. The van der Waals surface area contributed by atoms with Gasteiger partial charge in [-0.25, -0.2) is 0 Å². The Morgan fingerprint density at radius 1 is 1.03 bits per heavy atom. The van der Waals surface area contributed by atoms with Gasteiger partial charge < -0.3 is 5.32 Å². The van der Waals surface area contributed by atoms with E-state index in [-0.39, 0.29) is 11.7 Å². The number of hydrogen-bond acceptors (Lipinski definition) is 5. The normalized spacial score (nSPS) is 10.8. The molecule has 0 atom stereocenters. The van der Waals surface area contributed by atoms with Crippen LogP contribution in [0.25, 0.3) is 17.1 Å². The van der Waals surface area contributed by atoms with Crippen LogP contribution in [0.2, 0.25) is 10.0 Å². The van der Waals surface area contributed by atoms with Gasteiger partial charge in [-0.2, -0.15) is 0 Å². The van der Waals surface area contributed by atoms with Crippen molar-refractivity contribution in [2.45, 2.75) is 12.1 Å². The summed E-state index contributed by atoms with van der Waals surface area (Å²) in [6.45, 7) is 1.91. The Morgan fingerprint density at radius 2 is 1.77 bits per heavy atom. The van der Waals surface area contributed by atoms with Crippen LogP contribution in [0.1, 0.15) is 5.56 Å². The molecule has 6 nitrogen and oxygen atoms in total. The third-order valence-corrected chi connectivity index (χ3v) is 6.03. The molecule has 1 amide bonds. The van der Waals surface area contributed by atoms with E-state index in [1.165, 1.54) is 11.8 Å². The number of thioether (sulfide) groups is 1. The van der Waals surface area contributed by atoms with Crippen molar-refractivity contribution in [2.24, 2.45) is 0 Å². The van der Waals surface area contributed by atoms with Gasteiger partial charge in [0.05, 0.1) is 5.75 Å². The van der Waals surface area contributed by atoms with Crippen LogP contribution in [0, 0.1) is 6.92 Å². The van der Waals surface area contributed by atoms with Crippen LogP contribution in [-0.2, 0) is 4.79 Å². The lowest BCUT2D eigenvalue weighted by Gasteiger charge is -2.11. The summed E-state index contributed by atoms with van der Waals surface area (Å²) in [5.41, 5.74) is 3.31. The molecule has 4 rings (SSSR count). The van der Waals surface area contributed by atoms with Gasteiger partial charge in [0.2, 0.25) is 5.91 Å². The van der Waals surface area contributed by atoms with Gasteiger partial charge in [-0.1, -0.05) is 41.0 Å². The van der Waals surface area contributed by atoms with Crippen molar-refractivity contribution >= 4 is 46.6 Å². The molecule has 1 N–H and O–H groups in total. The molecule has 2 aromatic heterocycles. The summed E-state index contributed by atoms with van der Waals surface area (Å²) >= 11 is 13.5. The number of rotatable bonds is 6. The Morgan fingerprint density at radius 3 is 2.48 bits per heavy atom. The van der Waals surface area contributed by atoms with Gasteiger partial charge in [0.25, 0.3) is 0 Å². The van der Waals surface area contributed by atoms with Crippen LogP contribution < -0.4 is 5.32 Å². The maximum absolute atomic E-state index is 12.5. The van der Waals surface area contributed by atoms with E-state index < -0.39 is 0 Å². The Balaban J connectivity index is 1.57. The van der Waals surface area contributed by atoms with Crippen molar-refractivity contribution in [1.29, 1.82) is 0 Å². The van der Waals surface area contributed by atoms with Crippen molar-refractivity contribution in [3.05, 3.63) is 82.6 Å². The van der Waals surface area contributed by atoms with Gasteiger partial charge in [-0.15, -0.1) is 10.2 Å². The SMILES string of the molecule is Cc1ccc(NC(=O)CSc2nnc(-c3ccncc3)n2-c2ccc(Cl)cc2)cc1Cl. The third kappa shape index (κ3) is 5.07. The van der Waals surface area contributed by atoms with Gasteiger partial charge in [0, 0.05) is 39.4 Å². The fourth-order valence-corrected chi connectivity index (χ4v) is 3.93. The lowest BCUT2D eigenvalue weighted by molar-refractivity contribution is -0.113. The van der Waals surface area contributed by atoms with Gasteiger partial charge >= 0.3 is 0 Å². The van der Waals surface area contributed by atoms with E-state index in [2.05, 4.69) is 20.5 Å². The summed E-state index contributed by atoms with van der Waals surface area (Å²) in [4.78, 5) is 16.6. The molecule has 0 fully saturated rings. The molecule has 0 saturated carbocycles. The van der Waals surface area contributed by atoms with Crippen molar-refractivity contribution in [2.75, 3.05) is 11.1 Å². The summed E-state index contributed by atoms with van der Waals surface area (Å²) in [7, 11) is 0. The lowest BCUT2D eigenvalue weighted by Crippen LogP contribution is -2.14. The first-order chi connectivity index (χ1) is 15.0. The number of benzene rings is 2. The number of carbonyl (C=O) groups excluding carboxylic acids is 1. The molecule has 9 heteroatoms. The highest BCUT2D eigenvalue weighted by Crippen LogP contribution is 2.28. The number of carbonyl (C=O) groups is 1. The van der Waals surface area contributed by atoms with Gasteiger partial charge in [0.1, 0.15) is 0 Å². The minimum Gasteiger partial charge on any atom is -0.325 e. The number of hydrogen-bond donors (Lipinski definition) is 1. The molecule has 0 unspecified atom stereocenters. The smallest absolute Gasteiger partial charge is 0.234 e. The van der Waals surface area contributed by atoms with Crippen LogP contribution >= 0.6 is 35.0 Å². The topological polar surface area (TPSA) is 72.7 Å². The molecule has 0 saturated heterocycles. The molecule has 0 aliphatic rings. The highest BCUT2D eigenvalue weighted by atomic mass is 35.5. The number of pyridine rings is 1. The summed E-state index contributed by atoms with van der Waals surface area (Å²) < 4.78 is 1.90. The average molecular weight is 470 g/mol. The number of aromatic nitrogens is 4. The van der Waals surface area contributed by atoms with Crippen molar-refractivity contribution in [3.63, 3.8) is 0 Å². The molecule has 156 valence electrons. The molecule has 2 aromatic carbocycles. The molecule has 4 aromatic rings. The molecule has 0 radical (unpaired) electrons. The van der Waals surface area contributed by atoms with Crippen LogP contribution in [0.15, 0.2) is 72.1 Å². The standard InChI is InChI=1S/C22H17Cl2N5OS/c1-14-2-5-17(12-19(14)24)26-20(30)13-31-22-28-27-21(15-8-10-25-11-9-15)29(22)18-6-3-16(23)4-7-18/h2-12H,13H2,1H3,(H,26,30). The summed E-state index contributed by atoms with van der Waals surface area (Å²) in [5.74, 6) is 0.645. The molecule has 31 heavy (non-hydrogen) atoms. The first kappa shape index (κ1) is 21.4. The third-order valence-electron chi connectivity index (χ3n) is 4.44. The van der Waals surface area contributed by atoms with E-state index in [1.54, 1.807) is 30.6 Å². The minimum atomic E-state index is -0.166. The summed E-state index contributed by atoms with van der Waals surface area (Å²) in [6, 6.07) is 16.5. The fraction of sp³-hybridized carbons (Fsp3) is 0.0909. The zero-order valence-electron chi connectivity index (χ0n) is 16.4. The number of halogens is 2. The first-order valence-electron chi connectivity index (χ1n) is 9.32. The Bertz CT molecular complexity index is 1210. The fourth-order valence-electron chi connectivity index (χ4n) is 2.87. The highest BCUT2D eigenvalue weighted by molar-refractivity contribution is 7.99. The van der Waals surface area contributed by atoms with Crippen LogP contribution in [0.4, 0.5) is 5.69 Å². The number of aryl methyl sites for hydroxylation is 1. The van der Waals surface area contributed by atoms with Gasteiger partial charge in [-0.05, 0) is 61.0 Å². The quantitative estimate of drug-likeness (QED) is 0.368.